The molecule has 27 heavy (non-hydrogen) atoms. The molecule has 0 bridgehead atoms. The number of carbonyl (C=O) groups excluding carboxylic acids is 2. The van der Waals surface area contributed by atoms with Gasteiger partial charge in [-0.2, -0.15) is 0 Å². The third-order valence-electron chi connectivity index (χ3n) is 4.11. The predicted octanol–water partition coefficient (Wildman–Crippen LogP) is 5.00. The Morgan fingerprint density at radius 3 is 2.63 bits per heavy atom. The van der Waals surface area contributed by atoms with Crippen LogP contribution in [0.2, 0.25) is 5.02 Å². The van der Waals surface area contributed by atoms with Gasteiger partial charge in [0.25, 0.3) is 5.91 Å². The van der Waals surface area contributed by atoms with E-state index in [1.165, 1.54) is 6.08 Å². The van der Waals surface area contributed by atoms with E-state index >= 15 is 0 Å². The molecule has 0 saturated heterocycles. The highest BCUT2D eigenvalue weighted by molar-refractivity contribution is 6.31. The van der Waals surface area contributed by atoms with Gasteiger partial charge in [0.15, 0.2) is 6.61 Å². The summed E-state index contributed by atoms with van der Waals surface area (Å²) in [7, 11) is 0. The molecule has 0 spiro atoms. The van der Waals surface area contributed by atoms with Crippen molar-refractivity contribution in [2.24, 2.45) is 0 Å². The lowest BCUT2D eigenvalue weighted by atomic mass is 10.0. The fourth-order valence-corrected chi connectivity index (χ4v) is 2.84. The molecule has 0 aliphatic carbocycles. The number of hydrogen-bond acceptors (Lipinski definition) is 3. The Balaban J connectivity index is 1.58. The van der Waals surface area contributed by atoms with Crippen LogP contribution in [0.5, 0.6) is 0 Å². The molecule has 3 aromatic rings. The molecule has 3 aromatic carbocycles. The summed E-state index contributed by atoms with van der Waals surface area (Å²) in [5.74, 6) is -1.01. The van der Waals surface area contributed by atoms with E-state index < -0.39 is 11.9 Å². The summed E-state index contributed by atoms with van der Waals surface area (Å²) in [6.45, 7) is 1.43. The van der Waals surface area contributed by atoms with Crippen LogP contribution in [0.25, 0.3) is 16.8 Å². The molecule has 0 saturated carbocycles. The first-order valence-corrected chi connectivity index (χ1v) is 8.80. The Labute approximate surface area is 162 Å². The second-order valence-corrected chi connectivity index (χ2v) is 6.38. The van der Waals surface area contributed by atoms with E-state index in [-0.39, 0.29) is 6.61 Å². The normalized spacial score (nSPS) is 10.9. The van der Waals surface area contributed by atoms with Crippen molar-refractivity contribution in [3.63, 3.8) is 0 Å². The summed E-state index contributed by atoms with van der Waals surface area (Å²) in [5, 5.41) is 5.37. The van der Waals surface area contributed by atoms with Crippen LogP contribution in [0.1, 0.15) is 11.1 Å². The molecule has 0 aliphatic rings. The smallest absolute Gasteiger partial charge is 0.331 e. The molecule has 1 N–H and O–H groups in total. The highest BCUT2D eigenvalue weighted by Crippen LogP contribution is 2.23. The highest BCUT2D eigenvalue weighted by atomic mass is 35.5. The van der Waals surface area contributed by atoms with Crippen molar-refractivity contribution in [2.45, 2.75) is 6.92 Å². The van der Waals surface area contributed by atoms with Crippen LogP contribution in [0.3, 0.4) is 0 Å². The predicted molar refractivity (Wildman–Crippen MR) is 109 cm³/mol. The van der Waals surface area contributed by atoms with Gasteiger partial charge in [0, 0.05) is 16.8 Å². The fraction of sp³-hybridized carbons (Fsp3) is 0.0909. The molecule has 0 unspecified atom stereocenters. The van der Waals surface area contributed by atoms with Crippen molar-refractivity contribution in [3.05, 3.63) is 82.9 Å². The van der Waals surface area contributed by atoms with Gasteiger partial charge in [-0.1, -0.05) is 60.1 Å². The van der Waals surface area contributed by atoms with Gasteiger partial charge in [-0.3, -0.25) is 4.79 Å². The molecular formula is C22H18ClNO3. The maximum absolute atomic E-state index is 12.0. The summed E-state index contributed by atoms with van der Waals surface area (Å²) in [5.41, 5.74) is 2.26. The molecule has 0 aromatic heterocycles. The van der Waals surface area contributed by atoms with E-state index in [4.69, 9.17) is 16.3 Å². The maximum Gasteiger partial charge on any atom is 0.331 e. The summed E-state index contributed by atoms with van der Waals surface area (Å²) in [6.07, 6.45) is 3.00. The molecule has 0 heterocycles. The van der Waals surface area contributed by atoms with Crippen LogP contribution in [-0.2, 0) is 14.3 Å². The standard InChI is InChI=1S/C22H18ClNO3/c1-15-19(23)10-5-11-20(15)24-21(25)14-27-22(26)13-12-17-8-4-7-16-6-2-3-9-18(16)17/h2-13H,14H2,1H3,(H,24,25). The molecule has 136 valence electrons. The monoisotopic (exact) mass is 379 g/mol. The summed E-state index contributed by atoms with van der Waals surface area (Å²) >= 11 is 6.02. The second-order valence-electron chi connectivity index (χ2n) is 5.97. The molecule has 0 radical (unpaired) electrons. The van der Waals surface area contributed by atoms with Crippen LogP contribution in [-0.4, -0.2) is 18.5 Å². The van der Waals surface area contributed by atoms with E-state index in [0.29, 0.717) is 10.7 Å². The number of benzene rings is 3. The van der Waals surface area contributed by atoms with Crippen molar-refractivity contribution in [3.8, 4) is 0 Å². The molecule has 0 aliphatic heterocycles. The van der Waals surface area contributed by atoms with Crippen molar-refractivity contribution >= 4 is 46.0 Å². The lowest BCUT2D eigenvalue weighted by molar-refractivity contribution is -0.142. The summed E-state index contributed by atoms with van der Waals surface area (Å²) in [4.78, 5) is 23.9. The topological polar surface area (TPSA) is 55.4 Å². The Morgan fingerprint density at radius 1 is 1.04 bits per heavy atom. The van der Waals surface area contributed by atoms with Crippen molar-refractivity contribution < 1.29 is 14.3 Å². The van der Waals surface area contributed by atoms with Gasteiger partial charge >= 0.3 is 5.97 Å². The number of halogens is 1. The van der Waals surface area contributed by atoms with E-state index in [2.05, 4.69) is 5.32 Å². The Kier molecular flexibility index (Phi) is 5.89. The van der Waals surface area contributed by atoms with Gasteiger partial charge in [-0.05, 0) is 47.0 Å². The summed E-state index contributed by atoms with van der Waals surface area (Å²) in [6, 6.07) is 19.0. The number of fused-ring (bicyclic) bond motifs is 1. The van der Waals surface area contributed by atoms with Crippen molar-refractivity contribution in [1.82, 2.24) is 0 Å². The molecule has 3 rings (SSSR count). The number of nitrogens with one attached hydrogen (secondary N) is 1. The quantitative estimate of drug-likeness (QED) is 0.501. The average molecular weight is 380 g/mol. The molecule has 0 atom stereocenters. The number of ether oxygens (including phenoxy) is 1. The van der Waals surface area contributed by atoms with Gasteiger partial charge < -0.3 is 10.1 Å². The van der Waals surface area contributed by atoms with Gasteiger partial charge in [0.1, 0.15) is 0 Å². The van der Waals surface area contributed by atoms with E-state index in [9.17, 15) is 9.59 Å². The van der Waals surface area contributed by atoms with Crippen LogP contribution >= 0.6 is 11.6 Å². The van der Waals surface area contributed by atoms with Gasteiger partial charge in [0.2, 0.25) is 0 Å². The number of rotatable bonds is 5. The van der Waals surface area contributed by atoms with Crippen LogP contribution in [0, 0.1) is 6.92 Å². The third kappa shape index (κ3) is 4.74. The zero-order chi connectivity index (χ0) is 19.2. The number of esters is 1. The van der Waals surface area contributed by atoms with Crippen LogP contribution in [0.4, 0.5) is 5.69 Å². The maximum atomic E-state index is 12.0. The van der Waals surface area contributed by atoms with Crippen LogP contribution < -0.4 is 5.32 Å². The first-order chi connectivity index (χ1) is 13.0. The van der Waals surface area contributed by atoms with Gasteiger partial charge in [-0.25, -0.2) is 4.79 Å². The second kappa shape index (κ2) is 8.52. The summed E-state index contributed by atoms with van der Waals surface area (Å²) < 4.78 is 5.01. The Bertz CT molecular complexity index is 1020. The third-order valence-corrected chi connectivity index (χ3v) is 4.52. The van der Waals surface area contributed by atoms with Crippen molar-refractivity contribution in [1.29, 1.82) is 0 Å². The molecule has 0 fully saturated rings. The minimum Gasteiger partial charge on any atom is -0.452 e. The molecule has 1 amide bonds. The fourth-order valence-electron chi connectivity index (χ4n) is 2.67. The number of anilines is 1. The minimum absolute atomic E-state index is 0.370. The van der Waals surface area contributed by atoms with E-state index in [1.807, 2.05) is 42.5 Å². The number of carbonyl (C=O) groups is 2. The Morgan fingerprint density at radius 2 is 1.78 bits per heavy atom. The van der Waals surface area contributed by atoms with Gasteiger partial charge in [-0.15, -0.1) is 0 Å². The van der Waals surface area contributed by atoms with E-state index in [1.54, 1.807) is 31.2 Å². The van der Waals surface area contributed by atoms with Gasteiger partial charge in [0.05, 0.1) is 0 Å². The van der Waals surface area contributed by atoms with E-state index in [0.717, 1.165) is 21.9 Å². The van der Waals surface area contributed by atoms with Crippen molar-refractivity contribution in [2.75, 3.05) is 11.9 Å². The lowest BCUT2D eigenvalue weighted by Gasteiger charge is -2.09. The highest BCUT2D eigenvalue weighted by Gasteiger charge is 2.09. The lowest BCUT2D eigenvalue weighted by Crippen LogP contribution is -2.20. The Hall–Kier alpha value is -3.11. The zero-order valence-corrected chi connectivity index (χ0v) is 15.5. The first-order valence-electron chi connectivity index (χ1n) is 8.42. The zero-order valence-electron chi connectivity index (χ0n) is 14.7. The molecule has 5 heteroatoms. The largest absolute Gasteiger partial charge is 0.452 e. The molecule has 4 nitrogen and oxygen atoms in total. The molecular weight excluding hydrogens is 362 g/mol. The SMILES string of the molecule is Cc1c(Cl)cccc1NC(=O)COC(=O)C=Cc1cccc2ccccc12. The number of amides is 1. The van der Waals surface area contributed by atoms with Crippen LogP contribution in [0.15, 0.2) is 66.7 Å². The average Bonchev–Trinajstić information content (AvgIpc) is 2.68. The number of hydrogen-bond donors (Lipinski definition) is 1. The minimum atomic E-state index is -0.582. The first kappa shape index (κ1) is 18.7.